The molecule has 0 bridgehead atoms. The molecule has 21 rings (SSSR count). The number of halogens is 2. The molecule has 110 heavy (non-hydrogen) atoms. The van der Waals surface area contributed by atoms with Crippen molar-refractivity contribution in [1.82, 2.24) is 0 Å². The normalized spacial score (nSPS) is 17.1. The second-order valence-corrected chi connectivity index (χ2v) is 33.7. The highest BCUT2D eigenvalue weighted by Gasteiger charge is 2.38. The van der Waals surface area contributed by atoms with E-state index in [0.29, 0.717) is 44.6 Å². The van der Waals surface area contributed by atoms with Gasteiger partial charge in [0, 0.05) is 106 Å². The van der Waals surface area contributed by atoms with Gasteiger partial charge in [0.25, 0.3) is 0 Å². The Bertz CT molecular complexity index is 4490. The summed E-state index contributed by atoms with van der Waals surface area (Å²) < 4.78 is 51.1. The van der Waals surface area contributed by atoms with Gasteiger partial charge >= 0.3 is 17.9 Å². The van der Waals surface area contributed by atoms with Crippen LogP contribution in [0.15, 0.2) is 51.4 Å². The molecule has 0 aromatic heterocycles. The zero-order chi connectivity index (χ0) is 77.4. The Balaban J connectivity index is 0.000000106. The molecule has 7 heterocycles. The third-order valence-corrected chi connectivity index (χ3v) is 24.4. The maximum absolute atomic E-state index is 12.1. The molecule has 0 fully saturated rings. The molecule has 7 aliphatic heterocycles. The van der Waals surface area contributed by atoms with E-state index >= 15 is 0 Å². The molecule has 2 amide bonds. The molecule has 7 aliphatic carbocycles. The van der Waals surface area contributed by atoms with Gasteiger partial charge in [0.2, 0.25) is 5.75 Å². The Hall–Kier alpha value is -9.22. The topological polar surface area (TPSA) is 311 Å². The predicted molar refractivity (Wildman–Crippen MR) is 430 cm³/mol. The monoisotopic (exact) mass is 1630 g/mol. The molecule has 0 atom stereocenters. The lowest BCUT2D eigenvalue weighted by atomic mass is 10.0. The zero-order valence-corrected chi connectivity index (χ0v) is 67.2. The van der Waals surface area contributed by atoms with Crippen molar-refractivity contribution in [3.05, 3.63) is 178 Å². The van der Waals surface area contributed by atoms with E-state index in [0.717, 1.165) is 202 Å². The predicted octanol–water partition coefficient (Wildman–Crippen LogP) is 16.5. The number of hydrogen-bond acceptors (Lipinski definition) is 18. The molecule has 23 heteroatoms. The van der Waals surface area contributed by atoms with Gasteiger partial charge in [-0.2, -0.15) is 0 Å². The number of hydrogen-bond donors (Lipinski definition) is 5. The van der Waals surface area contributed by atoms with Crippen LogP contribution < -0.4 is 61.4 Å². The van der Waals surface area contributed by atoms with Crippen molar-refractivity contribution in [2.45, 2.75) is 220 Å². The number of nitrogens with two attached hydrogens (primary N) is 4. The molecule has 7 aromatic carbocycles. The van der Waals surface area contributed by atoms with Crippen molar-refractivity contribution >= 4 is 84.0 Å². The van der Waals surface area contributed by atoms with E-state index in [4.69, 9.17) is 60.8 Å². The van der Waals surface area contributed by atoms with Crippen molar-refractivity contribution in [3.8, 4) is 40.2 Å². The SMILES string of the molecule is Brc1c2c(cc3c1CCO3)CCC2.CC(C)(C)OC(=O)Nc1c2c(cc3c1CCO3)CCC2.CC(C)(C)OC(N)=O.Nc1c2c(c(Br)c3c1OCC3)CCC2.Nc1c2c(cc3c1CCO3)CCC2.Nc1c2c(cc3c1OCC3)CCC2.O=C1CCc2cc3c(c([N+](=O)[O-])c21)OCC3.O=C1CCc2cc3c(cc21)OCC3. The summed E-state index contributed by atoms with van der Waals surface area (Å²) in [5.41, 5.74) is 51.3. The third kappa shape index (κ3) is 16.6. The number of nitrogen functional groups attached to an aromatic ring is 3. The standard InChI is InChI=1S/C16H21NO3.C11H12BrNO.C11H11BrO.C11H9NO4.2C11H13NO.C11H10O2.C5H11NO2/c1-16(2,3)20-15(18)17-14-11-6-4-5-10(11)9-13-12(14)7-8-19-13;12-9-6-2-1-3-7(6)10(13)11-8(9)4-5-14-11;12-11-8-3-1-2-7(8)6-10-9(11)4-5-13-10;13-8-2-1-6-5-7-3-4-16-11(7)10(9(6)8)12(14)15;12-10-9-3-1-2-7(9)6-8-4-5-13-11(8)10;12-11-8-3-1-2-7(8)6-10-9(11)4-5-13-10;12-10-2-1-7-5-8-3-4-13-11(8)6-9(7)10;1-5(2,3)8-4(6)7/h9H,4-8H2,1-3H3,(H,17,18);1-5,13H2;6H,1-5H2;5H,1-4H2;2*6H,1-5,12H2;5-6H,1-4H2;1-3H3,(H2,6,7). The fourth-order valence-electron chi connectivity index (χ4n) is 17.5. The number of nitrogens with one attached hydrogen (secondary N) is 1. The van der Waals surface area contributed by atoms with Crippen molar-refractivity contribution in [2.24, 2.45) is 5.73 Å². The van der Waals surface area contributed by atoms with Crippen molar-refractivity contribution in [2.75, 3.05) is 68.8 Å². The quantitative estimate of drug-likeness (QED) is 0.0610. The Morgan fingerprint density at radius 2 is 0.836 bits per heavy atom. The third-order valence-electron chi connectivity index (χ3n) is 22.5. The first-order valence-electron chi connectivity index (χ1n) is 39.2. The van der Waals surface area contributed by atoms with Crippen LogP contribution in [0.1, 0.15) is 213 Å². The van der Waals surface area contributed by atoms with Gasteiger partial charge in [-0.3, -0.25) is 25.0 Å². The number of fused-ring (bicyclic) bond motifs is 14. The molecular weight excluding hydrogens is 1530 g/mol. The summed E-state index contributed by atoms with van der Waals surface area (Å²) in [7, 11) is 0. The van der Waals surface area contributed by atoms with Crippen LogP contribution in [0, 0.1) is 10.1 Å². The number of amides is 2. The van der Waals surface area contributed by atoms with E-state index in [-0.39, 0.29) is 28.9 Å². The first-order valence-corrected chi connectivity index (χ1v) is 40.8. The van der Waals surface area contributed by atoms with Crippen LogP contribution in [0.3, 0.4) is 0 Å². The minimum Gasteiger partial charge on any atom is -0.493 e. The molecule has 582 valence electrons. The summed E-state index contributed by atoms with van der Waals surface area (Å²) >= 11 is 7.39. The average molecular weight is 1630 g/mol. The highest BCUT2D eigenvalue weighted by molar-refractivity contribution is 9.11. The van der Waals surface area contributed by atoms with Gasteiger partial charge < -0.3 is 65.6 Å². The molecule has 14 aliphatic rings. The number of Topliss-reactive ketones (excluding diaryl/α,β-unsaturated/α-hetero) is 2. The fraction of sp³-hybridized carbons (Fsp3) is 0.471. The Kier molecular flexibility index (Phi) is 23.0. The molecule has 9 N–H and O–H groups in total. The van der Waals surface area contributed by atoms with E-state index in [1.54, 1.807) is 20.8 Å². The van der Waals surface area contributed by atoms with Crippen LogP contribution in [0.25, 0.3) is 0 Å². The number of nitro groups is 1. The number of ether oxygens (including phenoxy) is 9. The molecule has 0 saturated heterocycles. The maximum Gasteiger partial charge on any atom is 0.412 e. The first-order chi connectivity index (χ1) is 52.7. The van der Waals surface area contributed by atoms with E-state index in [1.807, 2.05) is 32.9 Å². The minimum absolute atomic E-state index is 0.118. The van der Waals surface area contributed by atoms with Crippen LogP contribution in [0.4, 0.5) is 38.0 Å². The molecule has 0 radical (unpaired) electrons. The second-order valence-electron chi connectivity index (χ2n) is 32.1. The lowest BCUT2D eigenvalue weighted by Crippen LogP contribution is -2.27. The first kappa shape index (κ1) is 77.5. The zero-order valence-electron chi connectivity index (χ0n) is 64.0. The number of nitrogens with zero attached hydrogens (tertiary/aromatic N) is 1. The lowest BCUT2D eigenvalue weighted by Gasteiger charge is -2.21. The van der Waals surface area contributed by atoms with Crippen LogP contribution in [-0.2, 0) is 131 Å². The molecule has 7 aromatic rings. The summed E-state index contributed by atoms with van der Waals surface area (Å²) in [4.78, 5) is 55.7. The van der Waals surface area contributed by atoms with Gasteiger partial charge in [-0.15, -0.1) is 0 Å². The number of carbonyl (C=O) groups is 4. The van der Waals surface area contributed by atoms with Gasteiger partial charge in [0.15, 0.2) is 11.6 Å². The number of benzene rings is 7. The Morgan fingerprint density at radius 1 is 0.400 bits per heavy atom. The maximum atomic E-state index is 12.1. The summed E-state index contributed by atoms with van der Waals surface area (Å²) in [6.07, 6.45) is 25.8. The summed E-state index contributed by atoms with van der Waals surface area (Å²) in [5, 5.41) is 14.0. The number of primary amides is 1. The van der Waals surface area contributed by atoms with Crippen LogP contribution in [-0.4, -0.2) is 86.1 Å². The fourth-order valence-corrected chi connectivity index (χ4v) is 19.2. The van der Waals surface area contributed by atoms with Crippen LogP contribution >= 0.6 is 31.9 Å². The largest absolute Gasteiger partial charge is 0.493 e. The molecule has 0 saturated carbocycles. The number of rotatable bonds is 2. The van der Waals surface area contributed by atoms with Crippen molar-refractivity contribution in [1.29, 1.82) is 0 Å². The van der Waals surface area contributed by atoms with Crippen molar-refractivity contribution < 1.29 is 66.7 Å². The highest BCUT2D eigenvalue weighted by Crippen LogP contribution is 2.49. The minimum atomic E-state index is -0.725. The molecule has 0 spiro atoms. The average Bonchev–Trinajstić information content (AvgIpc) is 1.63. The highest BCUT2D eigenvalue weighted by atomic mass is 79.9. The van der Waals surface area contributed by atoms with E-state index < -0.39 is 22.2 Å². The number of carbonyl (C=O) groups excluding carboxylic acids is 4. The van der Waals surface area contributed by atoms with Gasteiger partial charge in [-0.05, 0) is 253 Å². The van der Waals surface area contributed by atoms with Crippen LogP contribution in [0.2, 0.25) is 0 Å². The van der Waals surface area contributed by atoms with Gasteiger partial charge in [-0.25, -0.2) is 9.59 Å². The van der Waals surface area contributed by atoms with Crippen molar-refractivity contribution in [3.63, 3.8) is 0 Å². The molecule has 0 unspecified atom stereocenters. The Labute approximate surface area is 659 Å². The number of ketones is 2. The molecule has 21 nitrogen and oxygen atoms in total. The Morgan fingerprint density at radius 3 is 1.49 bits per heavy atom. The van der Waals surface area contributed by atoms with Gasteiger partial charge in [-0.1, -0.05) is 50.1 Å². The van der Waals surface area contributed by atoms with E-state index in [2.05, 4.69) is 72.2 Å². The number of aryl methyl sites for hydroxylation is 6. The van der Waals surface area contributed by atoms with Crippen LogP contribution in [0.5, 0.6) is 40.2 Å². The van der Waals surface area contributed by atoms with E-state index in [9.17, 15) is 29.3 Å². The number of nitro benzene ring substituents is 1. The summed E-state index contributed by atoms with van der Waals surface area (Å²) in [6, 6.07) is 14.8. The summed E-state index contributed by atoms with van der Waals surface area (Å²) in [6.45, 7) is 16.1. The second kappa shape index (κ2) is 32.6. The smallest absolute Gasteiger partial charge is 0.412 e. The summed E-state index contributed by atoms with van der Waals surface area (Å²) in [5.74, 6) is 6.36. The molecular formula is C87H100Br2N6O15. The lowest BCUT2D eigenvalue weighted by molar-refractivity contribution is -0.386. The van der Waals surface area contributed by atoms with E-state index in [1.165, 1.54) is 149 Å². The number of anilines is 4. The van der Waals surface area contributed by atoms with Gasteiger partial charge in [0.05, 0.1) is 68.2 Å². The van der Waals surface area contributed by atoms with Gasteiger partial charge in [0.1, 0.15) is 51.3 Å².